The molecule has 0 aromatic rings. The molecular formula is C11H19NO. The summed E-state index contributed by atoms with van der Waals surface area (Å²) in [6.07, 6.45) is 8.80. The predicted octanol–water partition coefficient (Wildman–Crippen LogP) is 1.84. The van der Waals surface area contributed by atoms with Gasteiger partial charge in [-0.3, -0.25) is 4.90 Å². The highest BCUT2D eigenvalue weighted by atomic mass is 16.1. The van der Waals surface area contributed by atoms with Crippen LogP contribution in [-0.2, 0) is 4.79 Å². The maximum Gasteiger partial charge on any atom is 0.121 e. The lowest BCUT2D eigenvalue weighted by Crippen LogP contribution is -2.35. The number of likely N-dealkylation sites (tertiary alicyclic amines) is 1. The van der Waals surface area contributed by atoms with E-state index in [4.69, 9.17) is 0 Å². The van der Waals surface area contributed by atoms with Crippen LogP contribution >= 0.6 is 0 Å². The quantitative estimate of drug-likeness (QED) is 0.619. The second-order valence-corrected chi connectivity index (χ2v) is 4.39. The number of aldehydes is 1. The zero-order valence-electron chi connectivity index (χ0n) is 8.24. The monoisotopic (exact) mass is 181 g/mol. The summed E-state index contributed by atoms with van der Waals surface area (Å²) in [5, 5.41) is 0. The molecule has 0 N–H and O–H groups in total. The van der Waals surface area contributed by atoms with Gasteiger partial charge in [0.15, 0.2) is 0 Å². The minimum atomic E-state index is 0.725. The number of nitrogens with zero attached hydrogens (tertiary/aromatic N) is 1. The molecule has 13 heavy (non-hydrogen) atoms. The Morgan fingerprint density at radius 2 is 2.08 bits per heavy atom. The van der Waals surface area contributed by atoms with Gasteiger partial charge in [-0.05, 0) is 31.7 Å². The molecule has 2 unspecified atom stereocenters. The molecule has 0 spiro atoms. The number of fused-ring (bicyclic) bond motifs is 1. The number of carbonyl (C=O) groups excluding carboxylic acids is 1. The topological polar surface area (TPSA) is 20.3 Å². The van der Waals surface area contributed by atoms with Crippen molar-refractivity contribution in [2.75, 3.05) is 13.1 Å². The van der Waals surface area contributed by atoms with Crippen LogP contribution in [0.5, 0.6) is 0 Å². The van der Waals surface area contributed by atoms with Gasteiger partial charge in [-0.15, -0.1) is 0 Å². The summed E-state index contributed by atoms with van der Waals surface area (Å²) < 4.78 is 0. The summed E-state index contributed by atoms with van der Waals surface area (Å²) in [5.41, 5.74) is 0. The van der Waals surface area contributed by atoms with Gasteiger partial charge in [-0.1, -0.05) is 12.8 Å². The average molecular weight is 181 g/mol. The highest BCUT2D eigenvalue weighted by molar-refractivity contribution is 5.49. The first-order chi connectivity index (χ1) is 6.42. The molecule has 1 heterocycles. The molecule has 2 atom stereocenters. The standard InChI is InChI=1S/C11H19NO/c13-9-3-7-12-8-6-10-4-1-2-5-11(10)12/h9-11H,1-8H2. The molecule has 0 amide bonds. The molecule has 2 fully saturated rings. The van der Waals surface area contributed by atoms with Crippen LogP contribution in [0.3, 0.4) is 0 Å². The summed E-state index contributed by atoms with van der Waals surface area (Å²) in [4.78, 5) is 12.8. The van der Waals surface area contributed by atoms with Crippen molar-refractivity contribution in [3.63, 3.8) is 0 Å². The van der Waals surface area contributed by atoms with Gasteiger partial charge in [-0.2, -0.15) is 0 Å². The van der Waals surface area contributed by atoms with Gasteiger partial charge in [0, 0.05) is 19.0 Å². The molecule has 1 aliphatic carbocycles. The number of hydrogen-bond donors (Lipinski definition) is 0. The van der Waals surface area contributed by atoms with Crippen molar-refractivity contribution >= 4 is 6.29 Å². The van der Waals surface area contributed by atoms with Crippen LogP contribution in [0.4, 0.5) is 0 Å². The SMILES string of the molecule is O=CCCN1CCC2CCCCC21. The van der Waals surface area contributed by atoms with Crippen LogP contribution in [0.1, 0.15) is 38.5 Å². The maximum atomic E-state index is 10.3. The van der Waals surface area contributed by atoms with E-state index in [0.717, 1.165) is 31.2 Å². The minimum Gasteiger partial charge on any atom is -0.303 e. The minimum absolute atomic E-state index is 0.725. The Morgan fingerprint density at radius 1 is 1.23 bits per heavy atom. The normalized spacial score (nSPS) is 34.5. The Balaban J connectivity index is 1.87. The van der Waals surface area contributed by atoms with Crippen molar-refractivity contribution in [1.29, 1.82) is 0 Å². The van der Waals surface area contributed by atoms with E-state index in [9.17, 15) is 4.79 Å². The number of carbonyl (C=O) groups is 1. The molecule has 2 aliphatic rings. The summed E-state index contributed by atoms with van der Waals surface area (Å²) in [7, 11) is 0. The van der Waals surface area contributed by atoms with Crippen LogP contribution in [-0.4, -0.2) is 30.3 Å². The first kappa shape index (κ1) is 9.20. The first-order valence-corrected chi connectivity index (χ1v) is 5.59. The first-order valence-electron chi connectivity index (χ1n) is 5.59. The van der Waals surface area contributed by atoms with Crippen molar-refractivity contribution in [2.24, 2.45) is 5.92 Å². The van der Waals surface area contributed by atoms with E-state index in [-0.39, 0.29) is 0 Å². The largest absolute Gasteiger partial charge is 0.303 e. The van der Waals surface area contributed by atoms with E-state index in [1.807, 2.05) is 0 Å². The fraction of sp³-hybridized carbons (Fsp3) is 0.909. The molecule has 1 saturated heterocycles. The van der Waals surface area contributed by atoms with E-state index >= 15 is 0 Å². The highest BCUT2D eigenvalue weighted by Crippen LogP contribution is 2.35. The second kappa shape index (κ2) is 4.23. The fourth-order valence-corrected chi connectivity index (χ4v) is 3.00. The van der Waals surface area contributed by atoms with Crippen LogP contribution < -0.4 is 0 Å². The third-order valence-corrected chi connectivity index (χ3v) is 3.66. The smallest absolute Gasteiger partial charge is 0.121 e. The molecule has 1 aliphatic heterocycles. The fourth-order valence-electron chi connectivity index (χ4n) is 3.00. The molecular weight excluding hydrogens is 162 g/mol. The van der Waals surface area contributed by atoms with E-state index in [0.29, 0.717) is 0 Å². The van der Waals surface area contributed by atoms with E-state index in [1.54, 1.807) is 0 Å². The summed E-state index contributed by atoms with van der Waals surface area (Å²) in [6.45, 7) is 2.24. The predicted molar refractivity (Wildman–Crippen MR) is 52.6 cm³/mol. The number of rotatable bonds is 3. The zero-order chi connectivity index (χ0) is 9.10. The van der Waals surface area contributed by atoms with Gasteiger partial charge < -0.3 is 4.79 Å². The average Bonchev–Trinajstić information content (AvgIpc) is 2.58. The van der Waals surface area contributed by atoms with E-state index in [1.165, 1.54) is 38.6 Å². The molecule has 0 aromatic heterocycles. The molecule has 2 rings (SSSR count). The zero-order valence-corrected chi connectivity index (χ0v) is 8.24. The second-order valence-electron chi connectivity index (χ2n) is 4.39. The molecule has 1 saturated carbocycles. The van der Waals surface area contributed by atoms with Crippen molar-refractivity contribution in [2.45, 2.75) is 44.6 Å². The van der Waals surface area contributed by atoms with Gasteiger partial charge in [0.05, 0.1) is 0 Å². The third kappa shape index (κ3) is 1.93. The van der Waals surface area contributed by atoms with Gasteiger partial charge in [0.1, 0.15) is 6.29 Å². The highest BCUT2D eigenvalue weighted by Gasteiger charge is 2.34. The lowest BCUT2D eigenvalue weighted by atomic mass is 9.85. The summed E-state index contributed by atoms with van der Waals surface area (Å²) >= 11 is 0. The van der Waals surface area contributed by atoms with Crippen molar-refractivity contribution in [3.05, 3.63) is 0 Å². The Hall–Kier alpha value is -0.370. The molecule has 74 valence electrons. The van der Waals surface area contributed by atoms with Crippen LogP contribution in [0.25, 0.3) is 0 Å². The Kier molecular flexibility index (Phi) is 2.99. The van der Waals surface area contributed by atoms with Crippen LogP contribution in [0.15, 0.2) is 0 Å². The lowest BCUT2D eigenvalue weighted by molar-refractivity contribution is -0.108. The van der Waals surface area contributed by atoms with Crippen LogP contribution in [0, 0.1) is 5.92 Å². The van der Waals surface area contributed by atoms with Crippen molar-refractivity contribution in [1.82, 2.24) is 4.90 Å². The summed E-state index contributed by atoms with van der Waals surface area (Å²) in [5.74, 6) is 0.959. The Morgan fingerprint density at radius 3 is 2.92 bits per heavy atom. The molecule has 2 nitrogen and oxygen atoms in total. The van der Waals surface area contributed by atoms with Gasteiger partial charge in [-0.25, -0.2) is 0 Å². The van der Waals surface area contributed by atoms with E-state index < -0.39 is 0 Å². The van der Waals surface area contributed by atoms with Gasteiger partial charge in [0.2, 0.25) is 0 Å². The maximum absolute atomic E-state index is 10.3. The van der Waals surface area contributed by atoms with Gasteiger partial charge >= 0.3 is 0 Å². The van der Waals surface area contributed by atoms with Crippen LogP contribution in [0.2, 0.25) is 0 Å². The Bertz CT molecular complexity index is 181. The third-order valence-electron chi connectivity index (χ3n) is 3.66. The molecule has 0 bridgehead atoms. The van der Waals surface area contributed by atoms with Crippen molar-refractivity contribution < 1.29 is 4.79 Å². The van der Waals surface area contributed by atoms with Crippen molar-refractivity contribution in [3.8, 4) is 0 Å². The Labute approximate surface area is 80.3 Å². The molecule has 2 heteroatoms. The number of hydrogen-bond acceptors (Lipinski definition) is 2. The molecule has 0 aromatic carbocycles. The molecule has 0 radical (unpaired) electrons. The summed E-state index contributed by atoms with van der Waals surface area (Å²) in [6, 6.07) is 0.827. The lowest BCUT2D eigenvalue weighted by Gasteiger charge is -2.31. The van der Waals surface area contributed by atoms with E-state index in [2.05, 4.69) is 4.90 Å². The van der Waals surface area contributed by atoms with Gasteiger partial charge in [0.25, 0.3) is 0 Å².